The minimum absolute atomic E-state index is 0. The number of aliphatic imine (C=N–C) groups is 1. The van der Waals surface area contributed by atoms with E-state index in [2.05, 4.69) is 27.4 Å². The van der Waals surface area contributed by atoms with Crippen LogP contribution in [0.2, 0.25) is 0 Å². The van der Waals surface area contributed by atoms with Gasteiger partial charge >= 0.3 is 0 Å². The van der Waals surface area contributed by atoms with Crippen molar-refractivity contribution in [1.29, 1.82) is 0 Å². The molecule has 1 aliphatic heterocycles. The molecule has 7 heteroatoms. The van der Waals surface area contributed by atoms with Gasteiger partial charge in [-0.1, -0.05) is 12.8 Å². The average Bonchev–Trinajstić information content (AvgIpc) is 3.43. The van der Waals surface area contributed by atoms with Crippen molar-refractivity contribution in [1.82, 2.24) is 20.4 Å². The highest BCUT2D eigenvalue weighted by Crippen LogP contribution is 2.32. The molecule has 0 aromatic carbocycles. The first-order valence-electron chi connectivity index (χ1n) is 9.29. The number of nitrogens with zero attached hydrogens (tertiary/aromatic N) is 3. The largest absolute Gasteiger partial charge is 0.357 e. The lowest BCUT2D eigenvalue weighted by Crippen LogP contribution is -2.54. The molecule has 1 saturated heterocycles. The Hall–Kier alpha value is -0.570. The van der Waals surface area contributed by atoms with Crippen molar-refractivity contribution in [3.8, 4) is 0 Å². The summed E-state index contributed by atoms with van der Waals surface area (Å²) in [5.74, 6) is 2.17. The van der Waals surface area contributed by atoms with E-state index in [9.17, 15) is 4.79 Å². The third-order valence-electron chi connectivity index (χ3n) is 4.81. The van der Waals surface area contributed by atoms with Crippen molar-refractivity contribution in [3.63, 3.8) is 0 Å². The van der Waals surface area contributed by atoms with Gasteiger partial charge in [0.05, 0.1) is 6.54 Å². The predicted octanol–water partition coefficient (Wildman–Crippen LogP) is 1.27. The van der Waals surface area contributed by atoms with E-state index >= 15 is 0 Å². The second kappa shape index (κ2) is 9.79. The average molecular weight is 449 g/mol. The van der Waals surface area contributed by atoms with Crippen LogP contribution in [0.25, 0.3) is 0 Å². The summed E-state index contributed by atoms with van der Waals surface area (Å²) in [6.07, 6.45) is 6.34. The SMILES string of the molecule is CCNC(=NCCC1CC1)N1CCN(CC(=O)NC2CC2)CC1.I. The van der Waals surface area contributed by atoms with E-state index in [1.54, 1.807) is 0 Å². The van der Waals surface area contributed by atoms with Gasteiger partial charge in [-0.2, -0.15) is 0 Å². The molecule has 1 amide bonds. The third kappa shape index (κ3) is 6.74. The maximum absolute atomic E-state index is 11.9. The molecule has 2 saturated carbocycles. The Bertz CT molecular complexity index is 429. The quantitative estimate of drug-likeness (QED) is 0.349. The minimum atomic E-state index is 0. The predicted molar refractivity (Wildman–Crippen MR) is 108 cm³/mol. The molecule has 2 N–H and O–H groups in total. The molecular weight excluding hydrogens is 417 g/mol. The fourth-order valence-corrected chi connectivity index (χ4v) is 3.01. The van der Waals surface area contributed by atoms with Gasteiger partial charge in [-0.3, -0.25) is 14.7 Å². The van der Waals surface area contributed by atoms with Crippen LogP contribution in [0, 0.1) is 5.92 Å². The molecule has 6 nitrogen and oxygen atoms in total. The molecule has 2 aliphatic carbocycles. The number of rotatable bonds is 7. The molecule has 0 atom stereocenters. The summed E-state index contributed by atoms with van der Waals surface area (Å²) in [5, 5.41) is 6.48. The van der Waals surface area contributed by atoms with Crippen molar-refractivity contribution < 1.29 is 4.79 Å². The number of carbonyl (C=O) groups excluding carboxylic acids is 1. The van der Waals surface area contributed by atoms with E-state index < -0.39 is 0 Å². The van der Waals surface area contributed by atoms with Gasteiger partial charge in [-0.25, -0.2) is 0 Å². The molecule has 138 valence electrons. The zero-order chi connectivity index (χ0) is 16.1. The smallest absolute Gasteiger partial charge is 0.234 e. The Balaban J connectivity index is 0.00000208. The van der Waals surface area contributed by atoms with Crippen LogP contribution < -0.4 is 10.6 Å². The van der Waals surface area contributed by atoms with Crippen LogP contribution in [0.4, 0.5) is 0 Å². The molecule has 0 unspecified atom stereocenters. The first kappa shape index (κ1) is 19.8. The van der Waals surface area contributed by atoms with Gasteiger partial charge in [0.15, 0.2) is 5.96 Å². The summed E-state index contributed by atoms with van der Waals surface area (Å²) < 4.78 is 0. The monoisotopic (exact) mass is 449 g/mol. The lowest BCUT2D eigenvalue weighted by atomic mass is 10.3. The second-order valence-corrected chi connectivity index (χ2v) is 7.07. The first-order valence-corrected chi connectivity index (χ1v) is 9.29. The van der Waals surface area contributed by atoms with Gasteiger partial charge in [0.2, 0.25) is 5.91 Å². The highest BCUT2D eigenvalue weighted by atomic mass is 127. The molecule has 0 bridgehead atoms. The number of hydrogen-bond acceptors (Lipinski definition) is 3. The van der Waals surface area contributed by atoms with E-state index in [1.165, 1.54) is 19.3 Å². The summed E-state index contributed by atoms with van der Waals surface area (Å²) in [7, 11) is 0. The van der Waals surface area contributed by atoms with Crippen molar-refractivity contribution in [2.75, 3.05) is 45.8 Å². The zero-order valence-electron chi connectivity index (χ0n) is 14.8. The van der Waals surface area contributed by atoms with Crippen molar-refractivity contribution in [2.45, 2.75) is 45.1 Å². The van der Waals surface area contributed by atoms with Crippen LogP contribution in [0.15, 0.2) is 4.99 Å². The Labute approximate surface area is 162 Å². The molecule has 3 fully saturated rings. The Morgan fingerprint density at radius 1 is 1.12 bits per heavy atom. The van der Waals surface area contributed by atoms with Crippen molar-refractivity contribution in [2.24, 2.45) is 10.9 Å². The van der Waals surface area contributed by atoms with Crippen molar-refractivity contribution in [3.05, 3.63) is 0 Å². The fraction of sp³-hybridized carbons (Fsp3) is 0.882. The van der Waals surface area contributed by atoms with Crippen LogP contribution in [0.1, 0.15) is 39.0 Å². The summed E-state index contributed by atoms with van der Waals surface area (Å²) in [5.41, 5.74) is 0. The highest BCUT2D eigenvalue weighted by Gasteiger charge is 2.26. The molecule has 1 heterocycles. The molecule has 0 spiro atoms. The Morgan fingerprint density at radius 2 is 1.83 bits per heavy atom. The molecule has 24 heavy (non-hydrogen) atoms. The zero-order valence-corrected chi connectivity index (χ0v) is 17.1. The third-order valence-corrected chi connectivity index (χ3v) is 4.81. The number of nitrogens with one attached hydrogen (secondary N) is 2. The van der Waals surface area contributed by atoms with Crippen LogP contribution >= 0.6 is 24.0 Å². The molecule has 0 radical (unpaired) electrons. The molecule has 0 aromatic rings. The van der Waals surface area contributed by atoms with Gasteiger partial charge in [-0.05, 0) is 32.1 Å². The lowest BCUT2D eigenvalue weighted by Gasteiger charge is -2.36. The molecule has 3 aliphatic rings. The van der Waals surface area contributed by atoms with E-state index in [1.807, 2.05) is 0 Å². The van der Waals surface area contributed by atoms with E-state index in [0.717, 1.165) is 64.0 Å². The van der Waals surface area contributed by atoms with Crippen LogP contribution in [-0.4, -0.2) is 73.5 Å². The number of halogens is 1. The van der Waals surface area contributed by atoms with Gasteiger partial charge in [0.1, 0.15) is 0 Å². The number of guanidine groups is 1. The minimum Gasteiger partial charge on any atom is -0.357 e. The molecular formula is C17H32IN5O. The van der Waals surface area contributed by atoms with Crippen molar-refractivity contribution >= 4 is 35.8 Å². The maximum atomic E-state index is 11.9. The number of amides is 1. The first-order chi connectivity index (χ1) is 11.2. The summed E-state index contributed by atoms with van der Waals surface area (Å²) in [4.78, 5) is 21.3. The van der Waals surface area contributed by atoms with E-state index in [-0.39, 0.29) is 29.9 Å². The van der Waals surface area contributed by atoms with Crippen LogP contribution in [0.5, 0.6) is 0 Å². The maximum Gasteiger partial charge on any atom is 0.234 e. The summed E-state index contributed by atoms with van der Waals surface area (Å²) in [6.45, 7) is 8.28. The van der Waals surface area contributed by atoms with Gasteiger partial charge in [-0.15, -0.1) is 24.0 Å². The van der Waals surface area contributed by atoms with Gasteiger partial charge < -0.3 is 15.5 Å². The van der Waals surface area contributed by atoms with E-state index in [4.69, 9.17) is 4.99 Å². The number of carbonyl (C=O) groups is 1. The standard InChI is InChI=1S/C17H31N5O.HI/c1-2-18-17(19-8-7-14-3-4-14)22-11-9-21(10-12-22)13-16(23)20-15-5-6-15;/h14-15H,2-13H2,1H3,(H,18,19)(H,20,23);1H. The van der Waals surface area contributed by atoms with Crippen LogP contribution in [0.3, 0.4) is 0 Å². The fourth-order valence-electron chi connectivity index (χ4n) is 3.01. The van der Waals surface area contributed by atoms with Gasteiger partial charge in [0.25, 0.3) is 0 Å². The topological polar surface area (TPSA) is 60.0 Å². The summed E-state index contributed by atoms with van der Waals surface area (Å²) in [6, 6.07) is 0.461. The second-order valence-electron chi connectivity index (χ2n) is 7.07. The number of piperazine rings is 1. The Morgan fingerprint density at radius 3 is 2.42 bits per heavy atom. The normalized spacial score (nSPS) is 22.0. The van der Waals surface area contributed by atoms with Gasteiger partial charge in [0, 0.05) is 45.3 Å². The highest BCUT2D eigenvalue weighted by molar-refractivity contribution is 14.0. The number of hydrogen-bond donors (Lipinski definition) is 2. The molecule has 0 aromatic heterocycles. The Kier molecular flexibility index (Phi) is 8.06. The van der Waals surface area contributed by atoms with Crippen LogP contribution in [-0.2, 0) is 4.79 Å². The summed E-state index contributed by atoms with van der Waals surface area (Å²) >= 11 is 0. The lowest BCUT2D eigenvalue weighted by molar-refractivity contribution is -0.122. The molecule has 3 rings (SSSR count). The van der Waals surface area contributed by atoms with E-state index in [0.29, 0.717) is 12.6 Å².